The number of pyridine rings is 1. The highest BCUT2D eigenvalue weighted by Gasteiger charge is 2.18. The van der Waals surface area contributed by atoms with Crippen molar-refractivity contribution in [3.8, 4) is 0 Å². The van der Waals surface area contributed by atoms with Gasteiger partial charge in [-0.25, -0.2) is 8.42 Å². The molecule has 3 rings (SSSR count). The van der Waals surface area contributed by atoms with Gasteiger partial charge in [0, 0.05) is 29.3 Å². The number of carbonyl (C=O) groups is 1. The van der Waals surface area contributed by atoms with E-state index in [1.54, 1.807) is 12.1 Å². The molecule has 0 aliphatic carbocycles. The van der Waals surface area contributed by atoms with E-state index in [0.717, 1.165) is 29.9 Å². The molecule has 0 radical (unpaired) electrons. The van der Waals surface area contributed by atoms with E-state index in [9.17, 15) is 18.0 Å². The maximum Gasteiger partial charge on any atom is 0.261 e. The molecule has 3 aromatic rings. The first-order valence-corrected chi connectivity index (χ1v) is 14.1. The molecule has 0 fully saturated rings. The number of amides is 1. The Balaban J connectivity index is 1.74. The molecule has 9 heteroatoms. The standard InChI is InChI=1S/C25H31N3O4S2/c1-3-5-14-33-15-6-13-26-25(30)22-17-27-23-12-11-20(16-21(23)24(22)29)34(31,32)28-19-9-7-18(4-2)8-10-19/h7-12,16-17,28H,3-6,13-15H2,1-2H3,(H,26,30)(H,27,29). The summed E-state index contributed by atoms with van der Waals surface area (Å²) in [5, 5.41) is 2.92. The Morgan fingerprint density at radius 3 is 2.47 bits per heavy atom. The monoisotopic (exact) mass is 501 g/mol. The van der Waals surface area contributed by atoms with Crippen LogP contribution in [0.2, 0.25) is 0 Å². The van der Waals surface area contributed by atoms with Crippen LogP contribution in [0.1, 0.15) is 49.0 Å². The second-order valence-electron chi connectivity index (χ2n) is 7.97. The van der Waals surface area contributed by atoms with E-state index in [1.165, 1.54) is 37.2 Å². The number of aromatic nitrogens is 1. The average Bonchev–Trinajstić information content (AvgIpc) is 2.83. The van der Waals surface area contributed by atoms with Gasteiger partial charge < -0.3 is 10.3 Å². The summed E-state index contributed by atoms with van der Waals surface area (Å²) in [6, 6.07) is 11.4. The number of carbonyl (C=O) groups excluding carboxylic acids is 1. The number of rotatable bonds is 12. The van der Waals surface area contributed by atoms with Crippen LogP contribution < -0.4 is 15.5 Å². The SMILES string of the molecule is CCCCSCCCNC(=O)c1c[nH]c2ccc(S(=O)(=O)Nc3ccc(CC)cc3)cc2c1=O. The van der Waals surface area contributed by atoms with Crippen molar-refractivity contribution < 1.29 is 13.2 Å². The van der Waals surface area contributed by atoms with Crippen LogP contribution in [0.4, 0.5) is 5.69 Å². The highest BCUT2D eigenvalue weighted by Crippen LogP contribution is 2.20. The van der Waals surface area contributed by atoms with Gasteiger partial charge in [0.2, 0.25) is 5.43 Å². The molecule has 1 amide bonds. The summed E-state index contributed by atoms with van der Waals surface area (Å²) in [6.45, 7) is 4.65. The van der Waals surface area contributed by atoms with Gasteiger partial charge in [0.1, 0.15) is 5.56 Å². The van der Waals surface area contributed by atoms with E-state index in [0.29, 0.717) is 17.7 Å². The van der Waals surface area contributed by atoms with Crippen LogP contribution in [0.5, 0.6) is 0 Å². The third-order valence-corrected chi connectivity index (χ3v) is 7.95. The van der Waals surface area contributed by atoms with Gasteiger partial charge in [0.15, 0.2) is 0 Å². The van der Waals surface area contributed by atoms with Gasteiger partial charge in [0.05, 0.1) is 4.90 Å². The Morgan fingerprint density at radius 1 is 1.03 bits per heavy atom. The highest BCUT2D eigenvalue weighted by atomic mass is 32.2. The van der Waals surface area contributed by atoms with Crippen LogP contribution in [0.15, 0.2) is 58.4 Å². The minimum atomic E-state index is -3.91. The number of nitrogens with one attached hydrogen (secondary N) is 3. The first-order chi connectivity index (χ1) is 16.4. The lowest BCUT2D eigenvalue weighted by molar-refractivity contribution is 0.0952. The van der Waals surface area contributed by atoms with E-state index in [2.05, 4.69) is 21.9 Å². The number of fused-ring (bicyclic) bond motifs is 1. The largest absolute Gasteiger partial charge is 0.360 e. The lowest BCUT2D eigenvalue weighted by Gasteiger charge is -2.10. The molecule has 34 heavy (non-hydrogen) atoms. The molecule has 0 atom stereocenters. The van der Waals surface area contributed by atoms with Gasteiger partial charge in [-0.1, -0.05) is 32.4 Å². The topological polar surface area (TPSA) is 108 Å². The average molecular weight is 502 g/mol. The molecule has 2 aromatic carbocycles. The zero-order chi connectivity index (χ0) is 24.6. The minimum Gasteiger partial charge on any atom is -0.360 e. The normalized spacial score (nSPS) is 11.5. The van der Waals surface area contributed by atoms with Crippen LogP contribution in [-0.4, -0.2) is 37.4 Å². The zero-order valence-electron chi connectivity index (χ0n) is 19.5. The van der Waals surface area contributed by atoms with Crippen LogP contribution in [0.3, 0.4) is 0 Å². The predicted octanol–water partition coefficient (Wildman–Crippen LogP) is 4.54. The molecule has 0 aliphatic heterocycles. The second kappa shape index (κ2) is 12.1. The van der Waals surface area contributed by atoms with Crippen molar-refractivity contribution in [1.29, 1.82) is 0 Å². The molecule has 1 aromatic heterocycles. The van der Waals surface area contributed by atoms with Crippen molar-refractivity contribution >= 4 is 44.3 Å². The van der Waals surface area contributed by atoms with Crippen LogP contribution in [-0.2, 0) is 16.4 Å². The number of benzene rings is 2. The van der Waals surface area contributed by atoms with E-state index < -0.39 is 21.4 Å². The molecule has 3 N–H and O–H groups in total. The summed E-state index contributed by atoms with van der Waals surface area (Å²) in [5.41, 5.74) is 1.45. The number of aromatic amines is 1. The van der Waals surface area contributed by atoms with E-state index in [-0.39, 0.29) is 15.8 Å². The maximum atomic E-state index is 13.0. The molecule has 0 saturated carbocycles. The quantitative estimate of drug-likeness (QED) is 0.316. The number of sulfonamides is 1. The minimum absolute atomic E-state index is 0.0382. The summed E-state index contributed by atoms with van der Waals surface area (Å²) in [7, 11) is -3.91. The van der Waals surface area contributed by atoms with Crippen molar-refractivity contribution in [2.45, 2.75) is 44.4 Å². The van der Waals surface area contributed by atoms with Crippen LogP contribution in [0, 0.1) is 0 Å². The number of H-pyrrole nitrogens is 1. The smallest absolute Gasteiger partial charge is 0.261 e. The van der Waals surface area contributed by atoms with E-state index in [1.807, 2.05) is 30.8 Å². The highest BCUT2D eigenvalue weighted by molar-refractivity contribution is 7.99. The second-order valence-corrected chi connectivity index (χ2v) is 10.9. The number of anilines is 1. The summed E-state index contributed by atoms with van der Waals surface area (Å²) < 4.78 is 28.3. The predicted molar refractivity (Wildman–Crippen MR) is 140 cm³/mol. The van der Waals surface area contributed by atoms with Crippen LogP contribution >= 0.6 is 11.8 Å². The molecule has 0 spiro atoms. The van der Waals surface area contributed by atoms with Crippen molar-refractivity contribution in [3.63, 3.8) is 0 Å². The third-order valence-electron chi connectivity index (χ3n) is 5.41. The van der Waals surface area contributed by atoms with Crippen molar-refractivity contribution in [1.82, 2.24) is 10.3 Å². The Hall–Kier alpha value is -2.78. The maximum absolute atomic E-state index is 13.0. The first-order valence-electron chi connectivity index (χ1n) is 11.5. The van der Waals surface area contributed by atoms with Crippen LogP contribution in [0.25, 0.3) is 10.9 Å². The summed E-state index contributed by atoms with van der Waals surface area (Å²) >= 11 is 1.85. The fourth-order valence-corrected chi connectivity index (χ4v) is 5.51. The fraction of sp³-hybridized carbons (Fsp3) is 0.360. The van der Waals surface area contributed by atoms with Gasteiger partial charge in [-0.05, 0) is 66.7 Å². The Labute approximate surface area is 204 Å². The van der Waals surface area contributed by atoms with E-state index >= 15 is 0 Å². The summed E-state index contributed by atoms with van der Waals surface area (Å²) in [4.78, 5) is 28.4. The van der Waals surface area contributed by atoms with E-state index in [4.69, 9.17) is 0 Å². The molecule has 0 unspecified atom stereocenters. The number of thioether (sulfide) groups is 1. The Kier molecular flexibility index (Phi) is 9.18. The van der Waals surface area contributed by atoms with Gasteiger partial charge in [-0.15, -0.1) is 0 Å². The Bertz CT molecular complexity index is 1290. The zero-order valence-corrected chi connectivity index (χ0v) is 21.2. The lowest BCUT2D eigenvalue weighted by Crippen LogP contribution is -2.30. The summed E-state index contributed by atoms with van der Waals surface area (Å²) in [6.07, 6.45) is 5.40. The van der Waals surface area contributed by atoms with Gasteiger partial charge in [-0.2, -0.15) is 11.8 Å². The molecule has 0 aliphatic rings. The molecule has 0 bridgehead atoms. The molecular weight excluding hydrogens is 470 g/mol. The van der Waals surface area contributed by atoms with Crippen molar-refractivity contribution in [2.75, 3.05) is 22.8 Å². The number of unbranched alkanes of at least 4 members (excludes halogenated alkanes) is 1. The van der Waals surface area contributed by atoms with Gasteiger partial charge in [0.25, 0.3) is 15.9 Å². The fourth-order valence-electron chi connectivity index (χ4n) is 3.38. The molecule has 7 nitrogen and oxygen atoms in total. The van der Waals surface area contributed by atoms with Gasteiger partial charge >= 0.3 is 0 Å². The first kappa shape index (κ1) is 25.8. The molecular formula is C25H31N3O4S2. The number of hydrogen-bond acceptors (Lipinski definition) is 5. The molecule has 0 saturated heterocycles. The third kappa shape index (κ3) is 6.64. The van der Waals surface area contributed by atoms with Gasteiger partial charge in [-0.3, -0.25) is 14.3 Å². The van der Waals surface area contributed by atoms with Crippen molar-refractivity contribution in [2.24, 2.45) is 0 Å². The van der Waals surface area contributed by atoms with Crippen molar-refractivity contribution in [3.05, 3.63) is 70.0 Å². The lowest BCUT2D eigenvalue weighted by atomic mass is 10.1. The number of hydrogen-bond donors (Lipinski definition) is 3. The summed E-state index contributed by atoms with van der Waals surface area (Å²) in [5.74, 6) is 1.59. The molecule has 182 valence electrons. The number of aryl methyl sites for hydroxylation is 1. The molecule has 1 heterocycles. The Morgan fingerprint density at radius 2 is 1.76 bits per heavy atom.